The molecule has 1 aromatic carbocycles. The van der Waals surface area contributed by atoms with Crippen LogP contribution >= 0.6 is 27.5 Å². The molecule has 0 aliphatic rings. The number of alkyl halides is 3. The number of aromatic amines is 1. The maximum absolute atomic E-state index is 12.0. The van der Waals surface area contributed by atoms with Gasteiger partial charge in [-0.15, -0.1) is 13.2 Å². The van der Waals surface area contributed by atoms with Crippen LogP contribution in [0.2, 0.25) is 5.28 Å². The molecule has 0 atom stereocenters. The molecule has 86 valence electrons. The fourth-order valence-electron chi connectivity index (χ4n) is 1.18. The van der Waals surface area contributed by atoms with Crippen LogP contribution in [-0.2, 0) is 0 Å². The number of nitrogens with one attached hydrogen (secondary N) is 1. The average molecular weight is 315 g/mol. The predicted octanol–water partition coefficient (Wildman–Crippen LogP) is 3.88. The van der Waals surface area contributed by atoms with E-state index in [0.717, 1.165) is 6.07 Å². The van der Waals surface area contributed by atoms with Crippen LogP contribution in [0, 0.1) is 0 Å². The van der Waals surface area contributed by atoms with Gasteiger partial charge < -0.3 is 9.72 Å². The van der Waals surface area contributed by atoms with Crippen LogP contribution in [0.25, 0.3) is 11.0 Å². The summed E-state index contributed by atoms with van der Waals surface area (Å²) in [7, 11) is 0. The van der Waals surface area contributed by atoms with Crippen LogP contribution in [0.4, 0.5) is 13.2 Å². The zero-order valence-electron chi connectivity index (χ0n) is 7.40. The Labute approximate surface area is 101 Å². The molecule has 0 aliphatic carbocycles. The number of hydrogen-bond donors (Lipinski definition) is 1. The Morgan fingerprint density at radius 2 is 2.06 bits per heavy atom. The second-order valence-electron chi connectivity index (χ2n) is 2.88. The molecular weight excluding hydrogens is 312 g/mol. The third-order valence-corrected chi connectivity index (χ3v) is 2.53. The Bertz CT molecular complexity index is 540. The zero-order chi connectivity index (χ0) is 11.9. The lowest BCUT2D eigenvalue weighted by Crippen LogP contribution is -2.17. The summed E-state index contributed by atoms with van der Waals surface area (Å²) in [4.78, 5) is 6.46. The molecule has 0 unspecified atom stereocenters. The number of nitrogens with zero attached hydrogens (tertiary/aromatic N) is 1. The molecule has 8 heteroatoms. The topological polar surface area (TPSA) is 37.9 Å². The maximum Gasteiger partial charge on any atom is 0.573 e. The van der Waals surface area contributed by atoms with Crippen LogP contribution < -0.4 is 4.74 Å². The van der Waals surface area contributed by atoms with Crippen molar-refractivity contribution in [3.05, 3.63) is 21.9 Å². The molecule has 1 N–H and O–H groups in total. The average Bonchev–Trinajstić information content (AvgIpc) is 2.42. The van der Waals surface area contributed by atoms with E-state index in [1.165, 1.54) is 6.07 Å². The van der Waals surface area contributed by atoms with Gasteiger partial charge >= 0.3 is 6.36 Å². The Balaban J connectivity index is 2.49. The van der Waals surface area contributed by atoms with Crippen LogP contribution in [-0.4, -0.2) is 16.3 Å². The standard InChI is InChI=1S/C8H3BrClF3N2O/c9-3-1-4-5(15-7(10)14-4)2-6(3)16-8(11,12)13/h1-2H,(H,14,15). The van der Waals surface area contributed by atoms with Gasteiger partial charge in [-0.1, -0.05) is 0 Å². The van der Waals surface area contributed by atoms with Crippen LogP contribution in [0.3, 0.4) is 0 Å². The normalized spacial score (nSPS) is 12.1. The molecule has 0 bridgehead atoms. The van der Waals surface area contributed by atoms with E-state index in [4.69, 9.17) is 11.6 Å². The highest BCUT2D eigenvalue weighted by molar-refractivity contribution is 9.10. The van der Waals surface area contributed by atoms with Crippen molar-refractivity contribution in [2.45, 2.75) is 6.36 Å². The van der Waals surface area contributed by atoms with Gasteiger partial charge in [-0.05, 0) is 33.6 Å². The molecule has 0 fully saturated rings. The molecule has 0 saturated heterocycles. The smallest absolute Gasteiger partial charge is 0.404 e. The number of H-pyrrole nitrogens is 1. The minimum Gasteiger partial charge on any atom is -0.404 e. The molecule has 0 aliphatic heterocycles. The first-order valence-corrected chi connectivity index (χ1v) is 5.13. The van der Waals surface area contributed by atoms with Gasteiger partial charge in [-0.3, -0.25) is 0 Å². The minimum atomic E-state index is -4.74. The summed E-state index contributed by atoms with van der Waals surface area (Å²) < 4.78 is 40.1. The van der Waals surface area contributed by atoms with E-state index >= 15 is 0 Å². The first kappa shape index (κ1) is 11.5. The highest BCUT2D eigenvalue weighted by atomic mass is 79.9. The van der Waals surface area contributed by atoms with E-state index in [9.17, 15) is 13.2 Å². The summed E-state index contributed by atoms with van der Waals surface area (Å²) >= 11 is 8.54. The number of hydrogen-bond acceptors (Lipinski definition) is 2. The molecule has 0 amide bonds. The second-order valence-corrected chi connectivity index (χ2v) is 4.09. The molecule has 0 spiro atoms. The Morgan fingerprint density at radius 1 is 1.38 bits per heavy atom. The monoisotopic (exact) mass is 314 g/mol. The van der Waals surface area contributed by atoms with Crippen molar-refractivity contribution in [1.82, 2.24) is 9.97 Å². The highest BCUT2D eigenvalue weighted by Gasteiger charge is 2.32. The summed E-state index contributed by atoms with van der Waals surface area (Å²) in [6, 6.07) is 2.56. The molecular formula is C8H3BrClF3N2O. The van der Waals surface area contributed by atoms with E-state index in [0.29, 0.717) is 11.0 Å². The number of fused-ring (bicyclic) bond motifs is 1. The van der Waals surface area contributed by atoms with E-state index in [2.05, 4.69) is 30.6 Å². The van der Waals surface area contributed by atoms with E-state index < -0.39 is 6.36 Å². The van der Waals surface area contributed by atoms with Gasteiger partial charge in [-0.2, -0.15) is 0 Å². The quantitative estimate of drug-likeness (QED) is 0.867. The number of ether oxygens (including phenoxy) is 1. The van der Waals surface area contributed by atoms with Gasteiger partial charge in [-0.25, -0.2) is 4.98 Å². The van der Waals surface area contributed by atoms with Crippen molar-refractivity contribution >= 4 is 38.6 Å². The summed E-state index contributed by atoms with van der Waals surface area (Å²) in [5.74, 6) is -0.358. The van der Waals surface area contributed by atoms with Crippen molar-refractivity contribution in [2.24, 2.45) is 0 Å². The molecule has 2 aromatic rings. The maximum atomic E-state index is 12.0. The molecule has 2 rings (SSSR count). The second kappa shape index (κ2) is 3.81. The number of benzene rings is 1. The van der Waals surface area contributed by atoms with Crippen molar-refractivity contribution in [3.8, 4) is 5.75 Å². The lowest BCUT2D eigenvalue weighted by molar-refractivity contribution is -0.274. The van der Waals surface area contributed by atoms with Gasteiger partial charge in [0.1, 0.15) is 5.75 Å². The minimum absolute atomic E-state index is 0.103. The third kappa shape index (κ3) is 2.41. The highest BCUT2D eigenvalue weighted by Crippen LogP contribution is 2.33. The molecule has 0 saturated carbocycles. The Hall–Kier alpha value is -0.950. The third-order valence-electron chi connectivity index (χ3n) is 1.73. The lowest BCUT2D eigenvalue weighted by atomic mass is 10.3. The lowest BCUT2D eigenvalue weighted by Gasteiger charge is -2.09. The van der Waals surface area contributed by atoms with Gasteiger partial charge in [0.15, 0.2) is 0 Å². The molecule has 1 heterocycles. The fraction of sp³-hybridized carbons (Fsp3) is 0.125. The van der Waals surface area contributed by atoms with E-state index in [1.54, 1.807) is 0 Å². The zero-order valence-corrected chi connectivity index (χ0v) is 9.74. The van der Waals surface area contributed by atoms with Gasteiger partial charge in [0.25, 0.3) is 0 Å². The first-order chi connectivity index (χ1) is 7.35. The summed E-state index contributed by atoms with van der Waals surface area (Å²) in [6.07, 6.45) is -4.74. The molecule has 0 radical (unpaired) electrons. The number of halogens is 5. The van der Waals surface area contributed by atoms with Gasteiger partial charge in [0.05, 0.1) is 15.5 Å². The van der Waals surface area contributed by atoms with E-state index in [-0.39, 0.29) is 15.5 Å². The molecule has 1 aromatic heterocycles. The van der Waals surface area contributed by atoms with Gasteiger partial charge in [0, 0.05) is 6.07 Å². The van der Waals surface area contributed by atoms with Crippen molar-refractivity contribution in [2.75, 3.05) is 0 Å². The number of rotatable bonds is 1. The van der Waals surface area contributed by atoms with Gasteiger partial charge in [0.2, 0.25) is 5.28 Å². The van der Waals surface area contributed by atoms with E-state index in [1.807, 2.05) is 0 Å². The summed E-state index contributed by atoms with van der Waals surface area (Å²) in [6.45, 7) is 0. The van der Waals surface area contributed by atoms with Crippen molar-refractivity contribution in [3.63, 3.8) is 0 Å². The first-order valence-electron chi connectivity index (χ1n) is 3.96. The Morgan fingerprint density at radius 3 is 2.69 bits per heavy atom. The summed E-state index contributed by atoms with van der Waals surface area (Å²) in [5.41, 5.74) is 0.818. The molecule has 3 nitrogen and oxygen atoms in total. The predicted molar refractivity (Wildman–Crippen MR) is 55.5 cm³/mol. The fourth-order valence-corrected chi connectivity index (χ4v) is 1.80. The largest absolute Gasteiger partial charge is 0.573 e. The summed E-state index contributed by atoms with van der Waals surface area (Å²) in [5, 5.41) is 0.103. The number of imidazole rings is 1. The van der Waals surface area contributed by atoms with Crippen LogP contribution in [0.1, 0.15) is 0 Å². The number of aromatic nitrogens is 2. The SMILES string of the molecule is FC(F)(F)Oc1cc2nc(Cl)[nH]c2cc1Br. The van der Waals surface area contributed by atoms with Crippen molar-refractivity contribution < 1.29 is 17.9 Å². The van der Waals surface area contributed by atoms with Crippen molar-refractivity contribution in [1.29, 1.82) is 0 Å². The Kier molecular flexibility index (Phi) is 2.75. The molecule has 16 heavy (non-hydrogen) atoms. The van der Waals surface area contributed by atoms with Crippen LogP contribution in [0.15, 0.2) is 16.6 Å². The van der Waals surface area contributed by atoms with Crippen LogP contribution in [0.5, 0.6) is 5.75 Å².